The van der Waals surface area contributed by atoms with Crippen molar-refractivity contribution in [3.05, 3.63) is 54.5 Å². The molecule has 0 radical (unpaired) electrons. The molecule has 0 saturated heterocycles. The van der Waals surface area contributed by atoms with Crippen molar-refractivity contribution in [1.82, 2.24) is 25.1 Å². The van der Waals surface area contributed by atoms with Gasteiger partial charge in [0.2, 0.25) is 5.95 Å². The first kappa shape index (κ1) is 14.4. The second-order valence-corrected chi connectivity index (χ2v) is 5.56. The van der Waals surface area contributed by atoms with Crippen LogP contribution < -0.4 is 10.6 Å². The van der Waals surface area contributed by atoms with Crippen LogP contribution in [-0.2, 0) is 6.42 Å². The number of carbonyl (C=O) groups excluding carboxylic acids is 1. The fourth-order valence-electron chi connectivity index (χ4n) is 2.87. The molecular formula is C16H16N6O2. The van der Waals surface area contributed by atoms with Crippen LogP contribution in [0.1, 0.15) is 30.2 Å². The molecule has 4 rings (SSSR count). The molecule has 2 amide bonds. The smallest absolute Gasteiger partial charge is 0.319 e. The number of rotatable bonds is 3. The number of nitrogens with zero attached hydrogens (tertiary/aromatic N) is 4. The highest BCUT2D eigenvalue weighted by Crippen LogP contribution is 2.30. The predicted molar refractivity (Wildman–Crippen MR) is 85.7 cm³/mol. The summed E-state index contributed by atoms with van der Waals surface area (Å²) in [6.45, 7) is 0. The SMILES string of the molecule is O=C(Nc1cnn(-c2ncccn2)c1)N[C@H]1CCCc2occc21. The highest BCUT2D eigenvalue weighted by molar-refractivity contribution is 5.89. The van der Waals surface area contributed by atoms with Crippen molar-refractivity contribution < 1.29 is 9.21 Å². The first-order chi connectivity index (χ1) is 11.8. The molecule has 24 heavy (non-hydrogen) atoms. The maximum Gasteiger partial charge on any atom is 0.319 e. The van der Waals surface area contributed by atoms with E-state index in [2.05, 4.69) is 25.7 Å². The molecule has 3 aromatic heterocycles. The first-order valence-electron chi connectivity index (χ1n) is 7.75. The largest absolute Gasteiger partial charge is 0.469 e. The van der Waals surface area contributed by atoms with Crippen LogP contribution in [0.4, 0.5) is 10.5 Å². The lowest BCUT2D eigenvalue weighted by Crippen LogP contribution is -2.33. The van der Waals surface area contributed by atoms with E-state index in [0.717, 1.165) is 30.6 Å². The van der Waals surface area contributed by atoms with E-state index in [1.54, 1.807) is 37.1 Å². The van der Waals surface area contributed by atoms with Crippen molar-refractivity contribution in [3.63, 3.8) is 0 Å². The van der Waals surface area contributed by atoms with Gasteiger partial charge in [0.15, 0.2) is 0 Å². The van der Waals surface area contributed by atoms with E-state index in [0.29, 0.717) is 11.6 Å². The fourth-order valence-corrected chi connectivity index (χ4v) is 2.87. The van der Waals surface area contributed by atoms with Gasteiger partial charge in [0.1, 0.15) is 5.76 Å². The Labute approximate surface area is 137 Å². The third-order valence-electron chi connectivity index (χ3n) is 3.95. The normalized spacial score (nSPS) is 16.4. The lowest BCUT2D eigenvalue weighted by atomic mass is 9.93. The molecule has 8 heteroatoms. The van der Waals surface area contributed by atoms with E-state index in [-0.39, 0.29) is 12.1 Å². The summed E-state index contributed by atoms with van der Waals surface area (Å²) < 4.78 is 6.94. The van der Waals surface area contributed by atoms with E-state index in [1.165, 1.54) is 4.68 Å². The number of anilines is 1. The van der Waals surface area contributed by atoms with Crippen LogP contribution in [0, 0.1) is 0 Å². The molecule has 0 aromatic carbocycles. The van der Waals surface area contributed by atoms with Crippen molar-refractivity contribution in [3.8, 4) is 5.95 Å². The Balaban J connectivity index is 1.42. The van der Waals surface area contributed by atoms with Gasteiger partial charge in [0.25, 0.3) is 0 Å². The molecule has 0 bridgehead atoms. The van der Waals surface area contributed by atoms with Gasteiger partial charge in [-0.05, 0) is 25.0 Å². The highest BCUT2D eigenvalue weighted by Gasteiger charge is 2.24. The number of hydrogen-bond donors (Lipinski definition) is 2. The Morgan fingerprint density at radius 2 is 2.21 bits per heavy atom. The summed E-state index contributed by atoms with van der Waals surface area (Å²) >= 11 is 0. The van der Waals surface area contributed by atoms with Crippen molar-refractivity contribution in [2.24, 2.45) is 0 Å². The molecule has 0 aliphatic heterocycles. The summed E-state index contributed by atoms with van der Waals surface area (Å²) in [4.78, 5) is 20.4. The number of urea groups is 1. The van der Waals surface area contributed by atoms with Crippen LogP contribution in [0.3, 0.4) is 0 Å². The maximum absolute atomic E-state index is 12.2. The number of nitrogens with one attached hydrogen (secondary N) is 2. The monoisotopic (exact) mass is 324 g/mol. The molecule has 1 aliphatic carbocycles. The zero-order chi connectivity index (χ0) is 16.4. The molecule has 0 unspecified atom stereocenters. The summed E-state index contributed by atoms with van der Waals surface area (Å²) in [5.74, 6) is 1.40. The Bertz CT molecular complexity index is 841. The third-order valence-corrected chi connectivity index (χ3v) is 3.95. The third kappa shape index (κ3) is 2.85. The topological polar surface area (TPSA) is 97.9 Å². The minimum absolute atomic E-state index is 0.0278. The molecule has 2 N–H and O–H groups in total. The molecule has 8 nitrogen and oxygen atoms in total. The number of hydrogen-bond acceptors (Lipinski definition) is 5. The average Bonchev–Trinajstić information content (AvgIpc) is 3.25. The Morgan fingerprint density at radius 1 is 1.33 bits per heavy atom. The number of aromatic nitrogens is 4. The van der Waals surface area contributed by atoms with Crippen molar-refractivity contribution in [2.45, 2.75) is 25.3 Å². The average molecular weight is 324 g/mol. The maximum atomic E-state index is 12.2. The standard InChI is InChI=1S/C16H16N6O2/c23-16(21-13-3-1-4-14-12(13)5-8-24-14)20-11-9-19-22(10-11)15-17-6-2-7-18-15/h2,5-10,13H,1,3-4H2,(H2,20,21,23)/t13-/m0/s1. The van der Waals surface area contributed by atoms with Gasteiger partial charge in [0, 0.05) is 24.4 Å². The second-order valence-electron chi connectivity index (χ2n) is 5.56. The van der Waals surface area contributed by atoms with Gasteiger partial charge in [-0.1, -0.05) is 0 Å². The Hall–Kier alpha value is -3.16. The van der Waals surface area contributed by atoms with Gasteiger partial charge in [-0.25, -0.2) is 19.4 Å². The number of carbonyl (C=O) groups is 1. The van der Waals surface area contributed by atoms with Gasteiger partial charge in [-0.15, -0.1) is 0 Å². The number of amides is 2. The number of furan rings is 1. The Kier molecular flexibility index (Phi) is 3.70. The molecule has 0 spiro atoms. The summed E-state index contributed by atoms with van der Waals surface area (Å²) in [6.07, 6.45) is 11.0. The molecular weight excluding hydrogens is 308 g/mol. The van der Waals surface area contributed by atoms with Crippen LogP contribution in [0.2, 0.25) is 0 Å². The van der Waals surface area contributed by atoms with Crippen LogP contribution in [0.5, 0.6) is 0 Å². The fraction of sp³-hybridized carbons (Fsp3) is 0.250. The lowest BCUT2D eigenvalue weighted by molar-refractivity contribution is 0.246. The zero-order valence-electron chi connectivity index (χ0n) is 12.8. The molecule has 0 fully saturated rings. The number of fused-ring (bicyclic) bond motifs is 1. The summed E-state index contributed by atoms with van der Waals surface area (Å²) in [7, 11) is 0. The van der Waals surface area contributed by atoms with Crippen LogP contribution in [-0.4, -0.2) is 25.8 Å². The predicted octanol–water partition coefficient (Wildman–Crippen LogP) is 2.45. The van der Waals surface area contributed by atoms with Gasteiger partial charge in [-0.3, -0.25) is 0 Å². The van der Waals surface area contributed by atoms with Crippen LogP contribution in [0.15, 0.2) is 47.6 Å². The number of aryl methyl sites for hydroxylation is 1. The van der Waals surface area contributed by atoms with Crippen LogP contribution >= 0.6 is 0 Å². The summed E-state index contributed by atoms with van der Waals surface area (Å²) in [6, 6.07) is 3.35. The molecule has 1 atom stereocenters. The Morgan fingerprint density at radius 3 is 3.08 bits per heavy atom. The van der Waals surface area contributed by atoms with Crippen LogP contribution in [0.25, 0.3) is 5.95 Å². The minimum Gasteiger partial charge on any atom is -0.469 e. The summed E-state index contributed by atoms with van der Waals surface area (Å²) in [5.41, 5.74) is 1.63. The highest BCUT2D eigenvalue weighted by atomic mass is 16.3. The van der Waals surface area contributed by atoms with E-state index >= 15 is 0 Å². The van der Waals surface area contributed by atoms with Gasteiger partial charge in [-0.2, -0.15) is 5.10 Å². The van der Waals surface area contributed by atoms with E-state index < -0.39 is 0 Å². The molecule has 0 saturated carbocycles. The molecule has 122 valence electrons. The van der Waals surface area contributed by atoms with E-state index in [4.69, 9.17) is 4.42 Å². The second kappa shape index (κ2) is 6.15. The van der Waals surface area contributed by atoms with Gasteiger partial charge in [0.05, 0.1) is 30.4 Å². The van der Waals surface area contributed by atoms with E-state index in [9.17, 15) is 4.79 Å². The van der Waals surface area contributed by atoms with E-state index in [1.807, 2.05) is 6.07 Å². The summed E-state index contributed by atoms with van der Waals surface area (Å²) in [5, 5.41) is 9.91. The quantitative estimate of drug-likeness (QED) is 0.771. The molecule has 3 aromatic rings. The first-order valence-corrected chi connectivity index (χ1v) is 7.75. The van der Waals surface area contributed by atoms with Gasteiger partial charge < -0.3 is 15.1 Å². The minimum atomic E-state index is -0.275. The van der Waals surface area contributed by atoms with Crippen molar-refractivity contribution in [2.75, 3.05) is 5.32 Å². The zero-order valence-corrected chi connectivity index (χ0v) is 12.8. The van der Waals surface area contributed by atoms with Crippen molar-refractivity contribution in [1.29, 1.82) is 0 Å². The van der Waals surface area contributed by atoms with Gasteiger partial charge >= 0.3 is 6.03 Å². The molecule has 3 heterocycles. The lowest BCUT2D eigenvalue weighted by Gasteiger charge is -2.22. The van der Waals surface area contributed by atoms with Crippen molar-refractivity contribution >= 4 is 11.7 Å². The molecule has 1 aliphatic rings.